The zero-order valence-corrected chi connectivity index (χ0v) is 13.2. The molecule has 0 saturated heterocycles. The molecule has 1 saturated carbocycles. The van der Waals surface area contributed by atoms with Gasteiger partial charge < -0.3 is 0 Å². The van der Waals surface area contributed by atoms with Gasteiger partial charge in [0.05, 0.1) is 4.47 Å². The van der Waals surface area contributed by atoms with Crippen LogP contribution in [0.3, 0.4) is 0 Å². The number of nitrogens with two attached hydrogens (primary N) is 1. The van der Waals surface area contributed by atoms with Crippen LogP contribution in [0.4, 0.5) is 8.78 Å². The van der Waals surface area contributed by atoms with Gasteiger partial charge in [0, 0.05) is 11.6 Å². The summed E-state index contributed by atoms with van der Waals surface area (Å²) in [5.41, 5.74) is 2.88. The topological polar surface area (TPSA) is 38.0 Å². The normalized spacial score (nSPS) is 24.1. The molecule has 0 spiro atoms. The Labute approximate surface area is 127 Å². The van der Waals surface area contributed by atoms with Crippen LogP contribution in [0.25, 0.3) is 0 Å². The number of hydrogen-bond acceptors (Lipinski definition) is 2. The Morgan fingerprint density at radius 3 is 2.75 bits per heavy atom. The molecule has 0 radical (unpaired) electrons. The quantitative estimate of drug-likeness (QED) is 0.481. The van der Waals surface area contributed by atoms with E-state index in [1.165, 1.54) is 18.6 Å². The van der Waals surface area contributed by atoms with Gasteiger partial charge in [-0.3, -0.25) is 11.3 Å². The van der Waals surface area contributed by atoms with Crippen LogP contribution in [-0.4, -0.2) is 6.04 Å². The number of hydrogen-bond donors (Lipinski definition) is 2. The molecule has 0 amide bonds. The monoisotopic (exact) mass is 346 g/mol. The average molecular weight is 347 g/mol. The minimum atomic E-state index is -0.518. The molecule has 2 nitrogen and oxygen atoms in total. The molecule has 1 aromatic rings. The van der Waals surface area contributed by atoms with E-state index in [4.69, 9.17) is 5.84 Å². The SMILES string of the molecule is CCC1CCC(C(Cc2c(F)ccc(Br)c2F)NN)C1. The summed E-state index contributed by atoms with van der Waals surface area (Å²) >= 11 is 3.10. The third-order valence-electron chi connectivity index (χ3n) is 4.51. The summed E-state index contributed by atoms with van der Waals surface area (Å²) in [6.45, 7) is 2.19. The highest BCUT2D eigenvalue weighted by Gasteiger charge is 2.30. The van der Waals surface area contributed by atoms with E-state index < -0.39 is 11.6 Å². The lowest BCUT2D eigenvalue weighted by Crippen LogP contribution is -2.42. The Morgan fingerprint density at radius 1 is 1.40 bits per heavy atom. The first-order valence-electron chi connectivity index (χ1n) is 7.15. The van der Waals surface area contributed by atoms with Crippen molar-refractivity contribution >= 4 is 15.9 Å². The molecule has 3 N–H and O–H groups in total. The van der Waals surface area contributed by atoms with Crippen molar-refractivity contribution in [3.63, 3.8) is 0 Å². The van der Waals surface area contributed by atoms with Crippen molar-refractivity contribution in [1.82, 2.24) is 5.43 Å². The van der Waals surface area contributed by atoms with Gasteiger partial charge in [-0.2, -0.15) is 0 Å². The smallest absolute Gasteiger partial charge is 0.143 e. The molecule has 0 heterocycles. The highest BCUT2D eigenvalue weighted by molar-refractivity contribution is 9.10. The average Bonchev–Trinajstić information content (AvgIpc) is 2.92. The van der Waals surface area contributed by atoms with Gasteiger partial charge in [-0.25, -0.2) is 8.78 Å². The summed E-state index contributed by atoms with van der Waals surface area (Å²) < 4.78 is 28.2. The van der Waals surface area contributed by atoms with Crippen molar-refractivity contribution in [1.29, 1.82) is 0 Å². The van der Waals surface area contributed by atoms with E-state index in [9.17, 15) is 8.78 Å². The molecule has 2 rings (SSSR count). The highest BCUT2D eigenvalue weighted by atomic mass is 79.9. The number of rotatable bonds is 5. The molecule has 5 heteroatoms. The van der Waals surface area contributed by atoms with Gasteiger partial charge in [0.15, 0.2) is 0 Å². The third kappa shape index (κ3) is 3.38. The molecule has 0 aliphatic heterocycles. The minimum Gasteiger partial charge on any atom is -0.271 e. The van der Waals surface area contributed by atoms with Gasteiger partial charge in [-0.05, 0) is 59.2 Å². The van der Waals surface area contributed by atoms with Crippen LogP contribution < -0.4 is 11.3 Å². The van der Waals surface area contributed by atoms with Crippen LogP contribution in [0.2, 0.25) is 0 Å². The fourth-order valence-corrected chi connectivity index (χ4v) is 3.56. The fraction of sp³-hybridized carbons (Fsp3) is 0.600. The van der Waals surface area contributed by atoms with Gasteiger partial charge in [0.1, 0.15) is 11.6 Å². The Balaban J connectivity index is 2.13. The summed E-state index contributed by atoms with van der Waals surface area (Å²) in [6.07, 6.45) is 4.79. The molecular formula is C15H21BrF2N2. The van der Waals surface area contributed by atoms with Gasteiger partial charge >= 0.3 is 0 Å². The van der Waals surface area contributed by atoms with Crippen LogP contribution in [-0.2, 0) is 6.42 Å². The van der Waals surface area contributed by atoms with E-state index in [0.717, 1.165) is 19.3 Å². The number of benzene rings is 1. The standard InChI is InChI=1S/C15H21BrF2N2/c1-2-9-3-4-10(7-9)14(20-19)8-11-13(17)6-5-12(16)15(11)18/h5-6,9-10,14,20H,2-4,7-8,19H2,1H3. The molecule has 1 fully saturated rings. The second-order valence-corrected chi connectivity index (χ2v) is 6.50. The predicted octanol–water partition coefficient (Wildman–Crippen LogP) is 3.93. The van der Waals surface area contributed by atoms with E-state index in [0.29, 0.717) is 16.3 Å². The first kappa shape index (κ1) is 15.9. The van der Waals surface area contributed by atoms with E-state index >= 15 is 0 Å². The zero-order chi connectivity index (χ0) is 14.7. The van der Waals surface area contributed by atoms with Crippen molar-refractivity contribution in [2.24, 2.45) is 17.7 Å². The van der Waals surface area contributed by atoms with Gasteiger partial charge in [0.2, 0.25) is 0 Å². The molecule has 0 bridgehead atoms. The van der Waals surface area contributed by atoms with Crippen molar-refractivity contribution < 1.29 is 8.78 Å². The third-order valence-corrected chi connectivity index (χ3v) is 5.12. The maximum Gasteiger partial charge on any atom is 0.143 e. The van der Waals surface area contributed by atoms with Crippen molar-refractivity contribution in [3.05, 3.63) is 33.8 Å². The van der Waals surface area contributed by atoms with Gasteiger partial charge in [-0.15, -0.1) is 0 Å². The number of halogens is 3. The van der Waals surface area contributed by atoms with E-state index in [1.807, 2.05) is 0 Å². The number of hydrazine groups is 1. The number of nitrogens with one attached hydrogen (secondary N) is 1. The lowest BCUT2D eigenvalue weighted by molar-refractivity contribution is 0.341. The summed E-state index contributed by atoms with van der Waals surface area (Å²) in [5, 5.41) is 0. The van der Waals surface area contributed by atoms with Crippen LogP contribution in [0.5, 0.6) is 0 Å². The van der Waals surface area contributed by atoms with Crippen LogP contribution in [0.15, 0.2) is 16.6 Å². The summed E-state index contributed by atoms with van der Waals surface area (Å²) in [5.74, 6) is 5.70. The van der Waals surface area contributed by atoms with Crippen LogP contribution in [0, 0.1) is 23.5 Å². The second kappa shape index (κ2) is 6.96. The maximum atomic E-state index is 14.0. The minimum absolute atomic E-state index is 0.0788. The first-order valence-corrected chi connectivity index (χ1v) is 7.94. The molecule has 20 heavy (non-hydrogen) atoms. The molecule has 112 valence electrons. The fourth-order valence-electron chi connectivity index (χ4n) is 3.19. The zero-order valence-electron chi connectivity index (χ0n) is 11.6. The molecular weight excluding hydrogens is 326 g/mol. The van der Waals surface area contributed by atoms with E-state index in [2.05, 4.69) is 28.3 Å². The van der Waals surface area contributed by atoms with Crippen LogP contribution >= 0.6 is 15.9 Å². The molecule has 3 atom stereocenters. The Morgan fingerprint density at radius 2 is 2.15 bits per heavy atom. The lowest BCUT2D eigenvalue weighted by atomic mass is 9.91. The van der Waals surface area contributed by atoms with Crippen molar-refractivity contribution in [3.8, 4) is 0 Å². The largest absolute Gasteiger partial charge is 0.271 e. The second-order valence-electron chi connectivity index (χ2n) is 5.65. The molecule has 3 unspecified atom stereocenters. The van der Waals surface area contributed by atoms with E-state index in [-0.39, 0.29) is 18.0 Å². The Kier molecular flexibility index (Phi) is 5.52. The summed E-state index contributed by atoms with van der Waals surface area (Å²) in [6, 6.07) is 2.60. The molecule has 1 aliphatic carbocycles. The molecule has 1 aromatic carbocycles. The maximum absolute atomic E-state index is 14.0. The van der Waals surface area contributed by atoms with E-state index in [1.54, 1.807) is 0 Å². The summed E-state index contributed by atoms with van der Waals surface area (Å²) in [7, 11) is 0. The highest BCUT2D eigenvalue weighted by Crippen LogP contribution is 2.36. The van der Waals surface area contributed by atoms with Crippen molar-refractivity contribution in [2.45, 2.75) is 45.1 Å². The van der Waals surface area contributed by atoms with Crippen LogP contribution in [0.1, 0.15) is 38.2 Å². The Bertz CT molecular complexity index is 467. The lowest BCUT2D eigenvalue weighted by Gasteiger charge is -2.23. The first-order chi connectivity index (χ1) is 9.56. The molecule has 0 aromatic heterocycles. The molecule has 1 aliphatic rings. The van der Waals surface area contributed by atoms with Gasteiger partial charge in [-0.1, -0.05) is 19.8 Å². The van der Waals surface area contributed by atoms with Gasteiger partial charge in [0.25, 0.3) is 0 Å². The predicted molar refractivity (Wildman–Crippen MR) is 80.0 cm³/mol. The Hall–Kier alpha value is -0.520. The van der Waals surface area contributed by atoms with Crippen molar-refractivity contribution in [2.75, 3.05) is 0 Å². The summed E-state index contributed by atoms with van der Waals surface area (Å²) in [4.78, 5) is 0.